The third kappa shape index (κ3) is 3.77. The predicted molar refractivity (Wildman–Crippen MR) is 77.4 cm³/mol. The zero-order valence-electron chi connectivity index (χ0n) is 10.9. The second-order valence-corrected chi connectivity index (χ2v) is 5.07. The van der Waals surface area contributed by atoms with Crippen LogP contribution in [-0.2, 0) is 0 Å². The Labute approximate surface area is 123 Å². The molecule has 8 heteroatoms. The van der Waals surface area contributed by atoms with Gasteiger partial charge in [0.05, 0.1) is 10.6 Å². The summed E-state index contributed by atoms with van der Waals surface area (Å²) in [5.74, 6) is -0.179. The van der Waals surface area contributed by atoms with E-state index in [9.17, 15) is 4.39 Å². The summed E-state index contributed by atoms with van der Waals surface area (Å²) in [7, 11) is 0. The van der Waals surface area contributed by atoms with Crippen molar-refractivity contribution in [2.75, 3.05) is 11.1 Å². The topological polar surface area (TPSA) is 86.0 Å². The highest BCUT2D eigenvalue weighted by Crippen LogP contribution is 2.22. The normalized spacial score (nSPS) is 10.7. The molecular formula is C12H13BrFN5O. The van der Waals surface area contributed by atoms with Crippen LogP contribution in [0.2, 0.25) is 0 Å². The van der Waals surface area contributed by atoms with E-state index < -0.39 is 5.82 Å². The highest BCUT2D eigenvalue weighted by molar-refractivity contribution is 9.10. The van der Waals surface area contributed by atoms with Gasteiger partial charge in [-0.2, -0.15) is 15.0 Å². The number of anilines is 3. The van der Waals surface area contributed by atoms with Crippen molar-refractivity contribution in [3.05, 3.63) is 28.5 Å². The second-order valence-electron chi connectivity index (χ2n) is 4.22. The van der Waals surface area contributed by atoms with E-state index in [2.05, 4.69) is 36.2 Å². The van der Waals surface area contributed by atoms with Gasteiger partial charge >= 0.3 is 6.01 Å². The molecule has 0 aliphatic carbocycles. The Kier molecular flexibility index (Phi) is 4.33. The fourth-order valence-corrected chi connectivity index (χ4v) is 1.64. The van der Waals surface area contributed by atoms with Gasteiger partial charge in [0.15, 0.2) is 0 Å². The first kappa shape index (κ1) is 14.4. The molecule has 2 aromatic rings. The molecular weight excluding hydrogens is 329 g/mol. The standard InChI is InChI=1S/C12H13BrFN5O/c1-6(2)20-12-18-10(15)17-11(19-12)16-7-3-4-8(13)9(14)5-7/h3-6H,1-2H3,(H3,15,16,17,18,19). The zero-order chi connectivity index (χ0) is 14.7. The molecule has 0 spiro atoms. The number of benzene rings is 1. The Morgan fingerprint density at radius 1 is 1.30 bits per heavy atom. The summed E-state index contributed by atoms with van der Waals surface area (Å²) in [6.07, 6.45) is -0.0882. The van der Waals surface area contributed by atoms with Crippen LogP contribution in [0.5, 0.6) is 6.01 Å². The Balaban J connectivity index is 2.24. The lowest BCUT2D eigenvalue weighted by Gasteiger charge is -2.10. The molecule has 1 heterocycles. The van der Waals surface area contributed by atoms with Gasteiger partial charge < -0.3 is 15.8 Å². The molecule has 0 amide bonds. The molecule has 0 saturated carbocycles. The highest BCUT2D eigenvalue weighted by atomic mass is 79.9. The SMILES string of the molecule is CC(C)Oc1nc(N)nc(Nc2ccc(Br)c(F)c2)n1. The van der Waals surface area contributed by atoms with Crippen LogP contribution in [0.15, 0.2) is 22.7 Å². The summed E-state index contributed by atoms with van der Waals surface area (Å²) in [6, 6.07) is 4.68. The van der Waals surface area contributed by atoms with Gasteiger partial charge in [-0.3, -0.25) is 0 Å². The minimum Gasteiger partial charge on any atom is -0.461 e. The van der Waals surface area contributed by atoms with Crippen LogP contribution in [0.1, 0.15) is 13.8 Å². The Morgan fingerprint density at radius 2 is 2.05 bits per heavy atom. The van der Waals surface area contributed by atoms with Crippen molar-refractivity contribution in [1.29, 1.82) is 0 Å². The number of hydrogen-bond donors (Lipinski definition) is 2. The zero-order valence-corrected chi connectivity index (χ0v) is 12.5. The molecule has 3 N–H and O–H groups in total. The lowest BCUT2D eigenvalue weighted by molar-refractivity contribution is 0.222. The number of nitrogens with zero attached hydrogens (tertiary/aromatic N) is 3. The van der Waals surface area contributed by atoms with Crippen molar-refractivity contribution in [3.8, 4) is 6.01 Å². The smallest absolute Gasteiger partial charge is 0.323 e. The van der Waals surface area contributed by atoms with Crippen molar-refractivity contribution < 1.29 is 9.13 Å². The summed E-state index contributed by atoms with van der Waals surface area (Å²) in [5, 5.41) is 2.84. The summed E-state index contributed by atoms with van der Waals surface area (Å²) in [5.41, 5.74) is 6.07. The van der Waals surface area contributed by atoms with Crippen molar-refractivity contribution >= 4 is 33.5 Å². The summed E-state index contributed by atoms with van der Waals surface area (Å²) >= 11 is 3.08. The molecule has 0 saturated heterocycles. The van der Waals surface area contributed by atoms with Gasteiger partial charge in [0.25, 0.3) is 0 Å². The van der Waals surface area contributed by atoms with Gasteiger partial charge in [-0.05, 0) is 48.0 Å². The number of ether oxygens (including phenoxy) is 1. The maximum absolute atomic E-state index is 13.4. The fraction of sp³-hybridized carbons (Fsp3) is 0.250. The van der Waals surface area contributed by atoms with E-state index in [1.54, 1.807) is 12.1 Å². The van der Waals surface area contributed by atoms with Gasteiger partial charge in [-0.15, -0.1) is 0 Å². The van der Waals surface area contributed by atoms with Crippen molar-refractivity contribution in [1.82, 2.24) is 15.0 Å². The Bertz CT molecular complexity index is 623. The number of aromatic nitrogens is 3. The maximum Gasteiger partial charge on any atom is 0.323 e. The van der Waals surface area contributed by atoms with E-state index in [1.807, 2.05) is 13.8 Å². The molecule has 0 atom stereocenters. The number of rotatable bonds is 4. The molecule has 1 aromatic heterocycles. The first-order chi connectivity index (χ1) is 9.44. The van der Waals surface area contributed by atoms with Gasteiger partial charge in [-0.1, -0.05) is 0 Å². The monoisotopic (exact) mass is 341 g/mol. The predicted octanol–water partition coefficient (Wildman–Crippen LogP) is 2.89. The molecule has 1 aromatic carbocycles. The number of nitrogens with two attached hydrogens (primary N) is 1. The minimum atomic E-state index is -0.393. The van der Waals surface area contributed by atoms with Crippen LogP contribution in [0, 0.1) is 5.82 Å². The average Bonchev–Trinajstić information content (AvgIpc) is 2.32. The van der Waals surface area contributed by atoms with Crippen LogP contribution < -0.4 is 15.8 Å². The molecule has 0 unspecified atom stereocenters. The minimum absolute atomic E-state index is 0.0238. The molecule has 0 aliphatic heterocycles. The lowest BCUT2D eigenvalue weighted by Crippen LogP contribution is -2.11. The third-order valence-corrected chi connectivity index (χ3v) is 2.79. The van der Waals surface area contributed by atoms with Crippen molar-refractivity contribution in [2.24, 2.45) is 0 Å². The highest BCUT2D eigenvalue weighted by Gasteiger charge is 2.08. The first-order valence-electron chi connectivity index (χ1n) is 5.84. The van der Waals surface area contributed by atoms with E-state index in [-0.39, 0.29) is 24.0 Å². The number of halogens is 2. The largest absolute Gasteiger partial charge is 0.461 e. The van der Waals surface area contributed by atoms with E-state index in [1.165, 1.54) is 6.07 Å². The van der Waals surface area contributed by atoms with Gasteiger partial charge in [0, 0.05) is 5.69 Å². The van der Waals surface area contributed by atoms with Crippen LogP contribution in [0.4, 0.5) is 22.0 Å². The molecule has 0 radical (unpaired) electrons. The van der Waals surface area contributed by atoms with Crippen LogP contribution in [0.25, 0.3) is 0 Å². The molecule has 2 rings (SSSR count). The number of nitrogen functional groups attached to an aromatic ring is 1. The maximum atomic E-state index is 13.4. The van der Waals surface area contributed by atoms with Gasteiger partial charge in [0.2, 0.25) is 11.9 Å². The summed E-state index contributed by atoms with van der Waals surface area (Å²) < 4.78 is 19.2. The summed E-state index contributed by atoms with van der Waals surface area (Å²) in [4.78, 5) is 11.8. The van der Waals surface area contributed by atoms with Crippen molar-refractivity contribution in [2.45, 2.75) is 20.0 Å². The quantitative estimate of drug-likeness (QED) is 0.889. The molecule has 6 nitrogen and oxygen atoms in total. The summed E-state index contributed by atoms with van der Waals surface area (Å²) in [6.45, 7) is 3.69. The molecule has 0 fully saturated rings. The number of nitrogens with one attached hydrogen (secondary N) is 1. The van der Waals surface area contributed by atoms with Crippen LogP contribution in [0.3, 0.4) is 0 Å². The van der Waals surface area contributed by atoms with E-state index >= 15 is 0 Å². The Morgan fingerprint density at radius 3 is 2.70 bits per heavy atom. The molecule has 106 valence electrons. The van der Waals surface area contributed by atoms with E-state index in [4.69, 9.17) is 10.5 Å². The molecule has 20 heavy (non-hydrogen) atoms. The van der Waals surface area contributed by atoms with Crippen LogP contribution in [-0.4, -0.2) is 21.1 Å². The second kappa shape index (κ2) is 6.00. The van der Waals surface area contributed by atoms with E-state index in [0.717, 1.165) is 0 Å². The lowest BCUT2D eigenvalue weighted by atomic mass is 10.3. The van der Waals surface area contributed by atoms with E-state index in [0.29, 0.717) is 10.2 Å². The fourth-order valence-electron chi connectivity index (χ4n) is 1.39. The average molecular weight is 342 g/mol. The Hall–Kier alpha value is -1.96. The third-order valence-electron chi connectivity index (χ3n) is 2.15. The molecule has 0 aliphatic rings. The van der Waals surface area contributed by atoms with Crippen molar-refractivity contribution in [3.63, 3.8) is 0 Å². The number of hydrogen-bond acceptors (Lipinski definition) is 6. The first-order valence-corrected chi connectivity index (χ1v) is 6.63. The van der Waals surface area contributed by atoms with Gasteiger partial charge in [-0.25, -0.2) is 4.39 Å². The van der Waals surface area contributed by atoms with Gasteiger partial charge in [0.1, 0.15) is 5.82 Å². The van der Waals surface area contributed by atoms with Crippen LogP contribution >= 0.6 is 15.9 Å². The molecule has 0 bridgehead atoms.